The highest BCUT2D eigenvalue weighted by Gasteiger charge is 2.31. The Morgan fingerprint density at radius 1 is 1.25 bits per heavy atom. The van der Waals surface area contributed by atoms with E-state index in [-0.39, 0.29) is 11.3 Å². The molecule has 0 radical (unpaired) electrons. The molecule has 0 saturated carbocycles. The maximum atomic E-state index is 12.7. The summed E-state index contributed by atoms with van der Waals surface area (Å²) in [6.45, 7) is 6.59. The highest BCUT2D eigenvalue weighted by Crippen LogP contribution is 2.43. The average molecular weight is 284 g/mol. The van der Waals surface area contributed by atoms with Crippen molar-refractivity contribution in [1.82, 2.24) is 0 Å². The topological polar surface area (TPSA) is 17.1 Å². The lowest BCUT2D eigenvalue weighted by Crippen LogP contribution is -2.25. The molecule has 1 heterocycles. The Balaban J connectivity index is 1.87. The summed E-state index contributed by atoms with van der Waals surface area (Å²) >= 11 is 1.74. The van der Waals surface area contributed by atoms with Crippen LogP contribution in [0.25, 0.3) is 0 Å². The van der Waals surface area contributed by atoms with Gasteiger partial charge in [-0.1, -0.05) is 62.9 Å². The van der Waals surface area contributed by atoms with Gasteiger partial charge in [-0.25, -0.2) is 0 Å². The molecule has 0 N–H and O–H groups in total. The predicted molar refractivity (Wildman–Crippen MR) is 84.7 cm³/mol. The minimum Gasteiger partial charge on any atom is -0.294 e. The maximum Gasteiger partial charge on any atom is 0.167 e. The van der Waals surface area contributed by atoms with E-state index in [1.54, 1.807) is 11.8 Å². The minimum absolute atomic E-state index is 0.0552. The second-order valence-corrected chi connectivity index (χ2v) is 7.91. The molecule has 1 atom stereocenters. The molecule has 2 heteroatoms. The Morgan fingerprint density at radius 2 is 2.00 bits per heavy atom. The van der Waals surface area contributed by atoms with Crippen LogP contribution in [0, 0.1) is 11.3 Å². The molecule has 0 saturated heterocycles. The molecule has 0 spiro atoms. The highest BCUT2D eigenvalue weighted by molar-refractivity contribution is 8.03. The number of allylic oxidation sites excluding steroid dienone is 3. The van der Waals surface area contributed by atoms with Crippen LogP contribution in [0.2, 0.25) is 0 Å². The molecule has 104 valence electrons. The zero-order valence-corrected chi connectivity index (χ0v) is 13.1. The van der Waals surface area contributed by atoms with E-state index in [2.05, 4.69) is 57.2 Å². The second-order valence-electron chi connectivity index (χ2n) is 6.82. The summed E-state index contributed by atoms with van der Waals surface area (Å²) in [5, 5.41) is 0. The first-order valence-corrected chi connectivity index (χ1v) is 7.97. The van der Waals surface area contributed by atoms with E-state index in [9.17, 15) is 4.79 Å². The molecule has 3 rings (SSSR count). The fourth-order valence-electron chi connectivity index (χ4n) is 2.89. The van der Waals surface area contributed by atoms with Crippen molar-refractivity contribution in [2.24, 2.45) is 11.3 Å². The van der Waals surface area contributed by atoms with Gasteiger partial charge in [0.2, 0.25) is 0 Å². The van der Waals surface area contributed by atoms with Gasteiger partial charge in [0.05, 0.1) is 0 Å². The highest BCUT2D eigenvalue weighted by atomic mass is 32.2. The van der Waals surface area contributed by atoms with E-state index < -0.39 is 0 Å². The lowest BCUT2D eigenvalue weighted by atomic mass is 9.78. The number of thioether (sulfide) groups is 1. The molecule has 1 unspecified atom stereocenters. The summed E-state index contributed by atoms with van der Waals surface area (Å²) in [6.07, 6.45) is 5.98. The van der Waals surface area contributed by atoms with E-state index in [4.69, 9.17) is 0 Å². The third-order valence-corrected chi connectivity index (χ3v) is 5.02. The summed E-state index contributed by atoms with van der Waals surface area (Å²) in [6, 6.07) is 8.40. The van der Waals surface area contributed by atoms with Crippen molar-refractivity contribution < 1.29 is 4.79 Å². The van der Waals surface area contributed by atoms with Crippen molar-refractivity contribution in [3.8, 4) is 0 Å². The van der Waals surface area contributed by atoms with Crippen LogP contribution in [0.4, 0.5) is 0 Å². The summed E-state index contributed by atoms with van der Waals surface area (Å²) in [4.78, 5) is 15.2. The number of benzene rings is 1. The monoisotopic (exact) mass is 284 g/mol. The second kappa shape index (κ2) is 4.92. The Hall–Kier alpha value is -1.28. The van der Waals surface area contributed by atoms with Gasteiger partial charge in [-0.05, 0) is 23.5 Å². The van der Waals surface area contributed by atoms with E-state index >= 15 is 0 Å². The van der Waals surface area contributed by atoms with Crippen LogP contribution in [-0.2, 0) is 11.2 Å². The van der Waals surface area contributed by atoms with Gasteiger partial charge in [-0.3, -0.25) is 4.79 Å². The zero-order valence-electron chi connectivity index (χ0n) is 12.3. The van der Waals surface area contributed by atoms with Crippen LogP contribution < -0.4 is 0 Å². The van der Waals surface area contributed by atoms with E-state index in [1.165, 1.54) is 10.5 Å². The van der Waals surface area contributed by atoms with Gasteiger partial charge in [0.1, 0.15) is 0 Å². The molecule has 2 aliphatic rings. The number of hydrogen-bond acceptors (Lipinski definition) is 2. The molecule has 1 aromatic rings. The SMILES string of the molecule is CC(C)(C)CC1C=CC2=C(Cc3ccccc3S2)C1=O. The summed E-state index contributed by atoms with van der Waals surface area (Å²) < 4.78 is 0. The smallest absolute Gasteiger partial charge is 0.167 e. The lowest BCUT2D eigenvalue weighted by Gasteiger charge is -2.29. The third-order valence-electron chi connectivity index (χ3n) is 3.80. The van der Waals surface area contributed by atoms with Gasteiger partial charge >= 0.3 is 0 Å². The van der Waals surface area contributed by atoms with Crippen molar-refractivity contribution >= 4 is 17.5 Å². The van der Waals surface area contributed by atoms with Crippen molar-refractivity contribution in [2.75, 3.05) is 0 Å². The molecule has 1 aromatic carbocycles. The third kappa shape index (κ3) is 2.62. The number of ketones is 1. The largest absolute Gasteiger partial charge is 0.294 e. The van der Waals surface area contributed by atoms with Crippen LogP contribution in [0.3, 0.4) is 0 Å². The Kier molecular flexibility index (Phi) is 3.37. The number of carbonyl (C=O) groups is 1. The van der Waals surface area contributed by atoms with E-state index in [1.807, 2.05) is 0 Å². The molecule has 1 aliphatic carbocycles. The number of fused-ring (bicyclic) bond motifs is 1. The van der Waals surface area contributed by atoms with Crippen LogP contribution in [-0.4, -0.2) is 5.78 Å². The van der Waals surface area contributed by atoms with Gasteiger partial charge in [0.15, 0.2) is 5.78 Å². The minimum atomic E-state index is 0.0552. The molecular formula is C18H20OS. The summed E-state index contributed by atoms with van der Waals surface area (Å²) in [5.74, 6) is 0.388. The van der Waals surface area contributed by atoms with Crippen molar-refractivity contribution in [3.63, 3.8) is 0 Å². The normalized spacial score (nSPS) is 21.8. The Morgan fingerprint density at radius 3 is 2.75 bits per heavy atom. The van der Waals surface area contributed by atoms with E-state index in [0.29, 0.717) is 5.78 Å². The fraction of sp³-hybridized carbons (Fsp3) is 0.389. The fourth-order valence-corrected chi connectivity index (χ4v) is 3.98. The van der Waals surface area contributed by atoms with Crippen molar-refractivity contribution in [3.05, 3.63) is 52.5 Å². The van der Waals surface area contributed by atoms with Crippen LogP contribution in [0.1, 0.15) is 32.8 Å². The molecule has 0 amide bonds. The summed E-state index contributed by atoms with van der Waals surface area (Å²) in [5.41, 5.74) is 2.49. The molecule has 20 heavy (non-hydrogen) atoms. The molecule has 1 aliphatic heterocycles. The van der Waals surface area contributed by atoms with Crippen molar-refractivity contribution in [2.45, 2.75) is 38.5 Å². The number of hydrogen-bond donors (Lipinski definition) is 0. The standard InChI is InChI=1S/C18H20OS/c1-18(2,3)11-13-8-9-16-14(17(13)19)10-12-6-4-5-7-15(12)20-16/h4-9,13H,10-11H2,1-3H3. The zero-order chi connectivity index (χ0) is 14.3. The van der Waals surface area contributed by atoms with E-state index in [0.717, 1.165) is 23.3 Å². The van der Waals surface area contributed by atoms with Crippen LogP contribution >= 0.6 is 11.8 Å². The first kappa shape index (κ1) is 13.7. The van der Waals surface area contributed by atoms with Gasteiger partial charge in [-0.15, -0.1) is 0 Å². The average Bonchev–Trinajstić information content (AvgIpc) is 2.39. The Bertz CT molecular complexity index is 617. The number of carbonyl (C=O) groups excluding carboxylic acids is 1. The lowest BCUT2D eigenvalue weighted by molar-refractivity contribution is -0.118. The predicted octanol–water partition coefficient (Wildman–Crippen LogP) is 4.78. The quantitative estimate of drug-likeness (QED) is 0.738. The molecule has 0 aromatic heterocycles. The van der Waals surface area contributed by atoms with Crippen LogP contribution in [0.5, 0.6) is 0 Å². The van der Waals surface area contributed by atoms with Gasteiger partial charge in [0, 0.05) is 27.7 Å². The van der Waals surface area contributed by atoms with Gasteiger partial charge < -0.3 is 0 Å². The number of Topliss-reactive ketones (excluding diaryl/α,β-unsaturated/α-hetero) is 1. The van der Waals surface area contributed by atoms with Crippen LogP contribution in [0.15, 0.2) is 51.8 Å². The van der Waals surface area contributed by atoms with Gasteiger partial charge in [-0.2, -0.15) is 0 Å². The number of rotatable bonds is 1. The molecular weight excluding hydrogens is 264 g/mol. The maximum absolute atomic E-state index is 12.7. The first-order chi connectivity index (χ1) is 9.44. The molecule has 0 fully saturated rings. The Labute approximate surface area is 125 Å². The first-order valence-electron chi connectivity index (χ1n) is 7.15. The molecule has 1 nitrogen and oxygen atoms in total. The summed E-state index contributed by atoms with van der Waals surface area (Å²) in [7, 11) is 0. The van der Waals surface area contributed by atoms with Crippen molar-refractivity contribution in [1.29, 1.82) is 0 Å². The molecule has 0 bridgehead atoms. The van der Waals surface area contributed by atoms with Gasteiger partial charge in [0.25, 0.3) is 0 Å².